The minimum atomic E-state index is -3.82. The van der Waals surface area contributed by atoms with Crippen LogP contribution < -0.4 is 10.0 Å². The number of carbonyl (C=O) groups excluding carboxylic acids is 1. The Hall–Kier alpha value is -2.81. The van der Waals surface area contributed by atoms with Gasteiger partial charge in [-0.2, -0.15) is 0 Å². The monoisotopic (exact) mass is 465 g/mol. The lowest BCUT2D eigenvalue weighted by atomic mass is 10.1. The lowest BCUT2D eigenvalue weighted by molar-refractivity contribution is 0.104. The standard InChI is InChI=1S/C20H17Cl2N3O4S/c1-12-13(2)24-29-20(12)25-30(27,28)16-6-4-15(5-7-16)23-10-9-19(26)14-3-8-17(21)18(22)11-14/h3-11,23,25H,1-2H3/b10-9-. The van der Waals surface area contributed by atoms with Crippen molar-refractivity contribution >= 4 is 50.6 Å². The summed E-state index contributed by atoms with van der Waals surface area (Å²) in [6.45, 7) is 3.43. The molecule has 0 fully saturated rings. The number of aromatic nitrogens is 1. The van der Waals surface area contributed by atoms with E-state index >= 15 is 0 Å². The van der Waals surface area contributed by atoms with Gasteiger partial charge >= 0.3 is 0 Å². The summed E-state index contributed by atoms with van der Waals surface area (Å²) in [5, 5.41) is 7.30. The van der Waals surface area contributed by atoms with E-state index in [1.807, 2.05) is 0 Å². The second kappa shape index (κ2) is 8.91. The second-order valence-corrected chi connectivity index (χ2v) is 8.82. The normalized spacial score (nSPS) is 11.6. The van der Waals surface area contributed by atoms with Gasteiger partial charge in [0.2, 0.25) is 5.88 Å². The van der Waals surface area contributed by atoms with Crippen LogP contribution in [0.5, 0.6) is 0 Å². The molecule has 7 nitrogen and oxygen atoms in total. The fraction of sp³-hybridized carbons (Fsp3) is 0.100. The molecule has 30 heavy (non-hydrogen) atoms. The highest BCUT2D eigenvalue weighted by Gasteiger charge is 2.19. The molecule has 0 bridgehead atoms. The van der Waals surface area contributed by atoms with Crippen LogP contribution in [0.4, 0.5) is 11.6 Å². The van der Waals surface area contributed by atoms with E-state index in [2.05, 4.69) is 15.2 Å². The van der Waals surface area contributed by atoms with Crippen molar-refractivity contribution in [2.24, 2.45) is 0 Å². The molecule has 0 radical (unpaired) electrons. The topological polar surface area (TPSA) is 101 Å². The largest absolute Gasteiger partial charge is 0.362 e. The fourth-order valence-corrected chi connectivity index (χ4v) is 3.73. The number of rotatable bonds is 7. The molecular weight excluding hydrogens is 449 g/mol. The van der Waals surface area contributed by atoms with Gasteiger partial charge in [0.05, 0.1) is 20.6 Å². The van der Waals surface area contributed by atoms with Crippen LogP contribution in [0, 0.1) is 13.8 Å². The molecule has 1 heterocycles. The minimum Gasteiger partial charge on any atom is -0.362 e. The van der Waals surface area contributed by atoms with Gasteiger partial charge in [-0.1, -0.05) is 28.4 Å². The van der Waals surface area contributed by atoms with E-state index in [0.717, 1.165) is 0 Å². The van der Waals surface area contributed by atoms with Crippen LogP contribution in [0.1, 0.15) is 21.6 Å². The predicted molar refractivity (Wildman–Crippen MR) is 117 cm³/mol. The molecule has 0 saturated carbocycles. The Morgan fingerprint density at radius 2 is 1.77 bits per heavy atom. The van der Waals surface area contributed by atoms with Crippen molar-refractivity contribution in [2.75, 3.05) is 10.0 Å². The molecule has 1 aromatic heterocycles. The van der Waals surface area contributed by atoms with Gasteiger partial charge in [-0.15, -0.1) is 0 Å². The zero-order valence-electron chi connectivity index (χ0n) is 15.9. The summed E-state index contributed by atoms with van der Waals surface area (Å²) < 4.78 is 32.3. The number of hydrogen-bond donors (Lipinski definition) is 2. The third-order valence-corrected chi connectivity index (χ3v) is 6.32. The van der Waals surface area contributed by atoms with E-state index in [1.54, 1.807) is 38.1 Å². The predicted octanol–water partition coefficient (Wildman–Crippen LogP) is 5.21. The Balaban J connectivity index is 1.65. The van der Waals surface area contributed by atoms with Crippen molar-refractivity contribution in [3.63, 3.8) is 0 Å². The highest BCUT2D eigenvalue weighted by molar-refractivity contribution is 7.92. The summed E-state index contributed by atoms with van der Waals surface area (Å²) in [6, 6.07) is 10.6. The van der Waals surface area contributed by atoms with Gasteiger partial charge in [-0.3, -0.25) is 4.79 Å². The number of anilines is 2. The van der Waals surface area contributed by atoms with Gasteiger partial charge in [0.25, 0.3) is 10.0 Å². The summed E-state index contributed by atoms with van der Waals surface area (Å²) in [7, 11) is -3.82. The molecular formula is C20H17Cl2N3O4S. The molecule has 0 spiro atoms. The van der Waals surface area contributed by atoms with Crippen molar-refractivity contribution in [1.29, 1.82) is 0 Å². The average molecular weight is 466 g/mol. The van der Waals surface area contributed by atoms with Gasteiger partial charge in [-0.05, 0) is 56.3 Å². The summed E-state index contributed by atoms with van der Waals surface area (Å²) in [5.41, 5.74) is 2.22. The minimum absolute atomic E-state index is 0.0531. The molecule has 0 saturated heterocycles. The van der Waals surface area contributed by atoms with Crippen LogP contribution in [-0.4, -0.2) is 19.4 Å². The molecule has 0 atom stereocenters. The summed E-state index contributed by atoms with van der Waals surface area (Å²) >= 11 is 11.8. The molecule has 0 amide bonds. The van der Waals surface area contributed by atoms with Crippen molar-refractivity contribution in [3.05, 3.63) is 81.6 Å². The van der Waals surface area contributed by atoms with Gasteiger partial charge in [-0.25, -0.2) is 13.1 Å². The SMILES string of the molecule is Cc1noc(NS(=O)(=O)c2ccc(N/C=C\C(=O)c3ccc(Cl)c(Cl)c3)cc2)c1C. The van der Waals surface area contributed by atoms with Crippen molar-refractivity contribution in [2.45, 2.75) is 18.7 Å². The number of carbonyl (C=O) groups is 1. The summed E-state index contributed by atoms with van der Waals surface area (Å²) in [6.07, 6.45) is 2.79. The third kappa shape index (κ3) is 5.02. The lowest BCUT2D eigenvalue weighted by Gasteiger charge is -2.07. The maximum absolute atomic E-state index is 12.5. The Labute approximate surface area is 183 Å². The molecule has 2 N–H and O–H groups in total. The molecule has 0 aliphatic heterocycles. The van der Waals surface area contributed by atoms with Crippen LogP contribution in [-0.2, 0) is 10.0 Å². The highest BCUT2D eigenvalue weighted by Crippen LogP contribution is 2.24. The lowest BCUT2D eigenvalue weighted by Crippen LogP contribution is -2.13. The van der Waals surface area contributed by atoms with Gasteiger partial charge < -0.3 is 9.84 Å². The first kappa shape index (κ1) is 21.9. The van der Waals surface area contributed by atoms with E-state index in [-0.39, 0.29) is 16.6 Å². The number of allylic oxidation sites excluding steroid dienone is 1. The van der Waals surface area contributed by atoms with Crippen LogP contribution >= 0.6 is 23.2 Å². The van der Waals surface area contributed by atoms with Crippen molar-refractivity contribution in [3.8, 4) is 0 Å². The molecule has 3 aromatic rings. The van der Waals surface area contributed by atoms with Gasteiger partial charge in [0.15, 0.2) is 5.78 Å². The fourth-order valence-electron chi connectivity index (χ4n) is 2.38. The number of nitrogens with one attached hydrogen (secondary N) is 2. The van der Waals surface area contributed by atoms with Crippen LogP contribution in [0.25, 0.3) is 0 Å². The molecule has 3 rings (SSSR count). The smallest absolute Gasteiger partial charge is 0.264 e. The number of nitrogens with zero attached hydrogens (tertiary/aromatic N) is 1. The molecule has 0 aliphatic rings. The number of halogens is 2. The molecule has 0 aliphatic carbocycles. The first-order valence-electron chi connectivity index (χ1n) is 8.65. The maximum Gasteiger partial charge on any atom is 0.264 e. The van der Waals surface area contributed by atoms with E-state index in [1.165, 1.54) is 30.5 Å². The summed E-state index contributed by atoms with van der Waals surface area (Å²) in [5.74, 6) is -0.180. The van der Waals surface area contributed by atoms with Crippen LogP contribution in [0.15, 0.2) is 64.2 Å². The molecule has 10 heteroatoms. The van der Waals surface area contributed by atoms with E-state index < -0.39 is 10.0 Å². The molecule has 0 unspecified atom stereocenters. The van der Waals surface area contributed by atoms with Gasteiger partial charge in [0.1, 0.15) is 0 Å². The molecule has 156 valence electrons. The maximum atomic E-state index is 12.5. The van der Waals surface area contributed by atoms with Gasteiger partial charge in [0, 0.05) is 29.1 Å². The Bertz CT molecular complexity index is 1220. The number of hydrogen-bond acceptors (Lipinski definition) is 6. The Morgan fingerprint density at radius 3 is 2.37 bits per heavy atom. The molecule has 2 aromatic carbocycles. The number of sulfonamides is 1. The first-order chi connectivity index (χ1) is 14.2. The Morgan fingerprint density at radius 1 is 1.07 bits per heavy atom. The van der Waals surface area contributed by atoms with E-state index in [0.29, 0.717) is 32.6 Å². The van der Waals surface area contributed by atoms with Crippen molar-refractivity contribution < 1.29 is 17.7 Å². The zero-order chi connectivity index (χ0) is 21.9. The van der Waals surface area contributed by atoms with Crippen LogP contribution in [0.3, 0.4) is 0 Å². The zero-order valence-corrected chi connectivity index (χ0v) is 18.3. The average Bonchev–Trinajstić information content (AvgIpc) is 3.02. The number of ketones is 1. The quantitative estimate of drug-likeness (QED) is 0.366. The van der Waals surface area contributed by atoms with E-state index in [9.17, 15) is 13.2 Å². The third-order valence-electron chi connectivity index (χ3n) is 4.24. The number of benzene rings is 2. The van der Waals surface area contributed by atoms with E-state index in [4.69, 9.17) is 27.7 Å². The Kier molecular flexibility index (Phi) is 6.50. The number of aryl methyl sites for hydroxylation is 1. The second-order valence-electron chi connectivity index (χ2n) is 6.32. The van der Waals surface area contributed by atoms with Crippen LogP contribution in [0.2, 0.25) is 10.0 Å². The first-order valence-corrected chi connectivity index (χ1v) is 10.9. The van der Waals surface area contributed by atoms with Crippen molar-refractivity contribution in [1.82, 2.24) is 5.16 Å². The summed E-state index contributed by atoms with van der Waals surface area (Å²) in [4.78, 5) is 12.2. The highest BCUT2D eigenvalue weighted by atomic mass is 35.5.